The van der Waals surface area contributed by atoms with Gasteiger partial charge in [0.2, 0.25) is 0 Å². The smallest absolute Gasteiger partial charge is 0.577 e. The minimum atomic E-state index is -2.47. The first-order chi connectivity index (χ1) is 23.1. The molecule has 0 spiro atoms. The minimum Gasteiger partial charge on any atom is -0.577 e. The molecule has 0 unspecified atom stereocenters. The van der Waals surface area contributed by atoms with Crippen molar-refractivity contribution in [2.45, 2.75) is 0 Å². The van der Waals surface area contributed by atoms with Crippen LogP contribution in [0.5, 0.6) is 0 Å². The molecule has 12 heteroatoms. The Morgan fingerprint density at radius 2 is 0.500 bits per heavy atom. The summed E-state index contributed by atoms with van der Waals surface area (Å²) in [6.07, 6.45) is -4.95. The summed E-state index contributed by atoms with van der Waals surface area (Å²) in [6.45, 7) is 7.04. The predicted octanol–water partition coefficient (Wildman–Crippen LogP) is 2.55. The molecule has 1 heterocycles. The van der Waals surface area contributed by atoms with Crippen molar-refractivity contribution in [2.75, 3.05) is 79.3 Å². The summed E-state index contributed by atoms with van der Waals surface area (Å²) < 4.78 is 32.0. The van der Waals surface area contributed by atoms with E-state index in [0.717, 1.165) is 21.2 Å². The SMILES string of the molecule is C1COCCOCCOCCOCCOCCO1.S=P([N-]P(=S)(c1ccccc1)c1ccccc1)(c1ccccc1)c1ccccc1.[Rb+]. The van der Waals surface area contributed by atoms with Crippen LogP contribution in [-0.2, 0) is 52.0 Å². The molecule has 4 aromatic carbocycles. The average Bonchev–Trinajstić information content (AvgIpc) is 3.13. The third-order valence-corrected chi connectivity index (χ3v) is 16.8. The molecule has 1 saturated heterocycles. The molecule has 0 aliphatic carbocycles. The Morgan fingerprint density at radius 3 is 0.667 bits per heavy atom. The maximum absolute atomic E-state index is 6.39. The van der Waals surface area contributed by atoms with Crippen LogP contribution in [0.3, 0.4) is 0 Å². The van der Waals surface area contributed by atoms with E-state index in [4.69, 9.17) is 56.9 Å². The van der Waals surface area contributed by atoms with E-state index < -0.39 is 12.4 Å². The normalized spacial score (nSPS) is 16.2. The largest absolute Gasteiger partial charge is 1.00 e. The molecule has 0 saturated carbocycles. The van der Waals surface area contributed by atoms with Crippen molar-refractivity contribution in [3.05, 3.63) is 126 Å². The van der Waals surface area contributed by atoms with Gasteiger partial charge in [-0.2, -0.15) is 0 Å². The second-order valence-corrected chi connectivity index (χ2v) is 18.5. The predicted molar refractivity (Wildman–Crippen MR) is 201 cm³/mol. The Hall–Kier alpha value is -0.295. The van der Waals surface area contributed by atoms with E-state index in [1.807, 2.05) is 72.8 Å². The molecule has 0 bridgehead atoms. The first-order valence-electron chi connectivity index (χ1n) is 15.8. The minimum absolute atomic E-state index is 0. The van der Waals surface area contributed by atoms with E-state index in [9.17, 15) is 0 Å². The van der Waals surface area contributed by atoms with Crippen molar-refractivity contribution >= 4 is 57.2 Å². The van der Waals surface area contributed by atoms with E-state index in [0.29, 0.717) is 79.3 Å². The molecular formula is C36H44NO6P2RbS2. The summed E-state index contributed by atoms with van der Waals surface area (Å²) in [7, 11) is 0. The zero-order chi connectivity index (χ0) is 32.9. The van der Waals surface area contributed by atoms with Crippen LogP contribution in [0.1, 0.15) is 0 Å². The zero-order valence-electron chi connectivity index (χ0n) is 27.6. The van der Waals surface area contributed by atoms with E-state index in [2.05, 4.69) is 48.5 Å². The zero-order valence-corrected chi connectivity index (χ0v) is 36.0. The van der Waals surface area contributed by atoms with E-state index in [-0.39, 0.29) is 58.2 Å². The topological polar surface area (TPSA) is 69.5 Å². The molecule has 1 aliphatic heterocycles. The maximum atomic E-state index is 6.39. The number of nitrogens with zero attached hydrogens (tertiary/aromatic N) is 1. The summed E-state index contributed by atoms with van der Waals surface area (Å²) in [6, 6.07) is 41.0. The van der Waals surface area contributed by atoms with Crippen molar-refractivity contribution in [1.82, 2.24) is 0 Å². The Kier molecular flexibility index (Phi) is 21.8. The number of hydrogen-bond acceptors (Lipinski definition) is 8. The second-order valence-electron chi connectivity index (χ2n) is 10.3. The van der Waals surface area contributed by atoms with Gasteiger partial charge in [0.25, 0.3) is 0 Å². The van der Waals surface area contributed by atoms with Crippen LogP contribution in [0.4, 0.5) is 0 Å². The first kappa shape index (κ1) is 42.1. The number of hydrogen-bond donors (Lipinski definition) is 0. The fraction of sp³-hybridized carbons (Fsp3) is 0.333. The van der Waals surface area contributed by atoms with Crippen molar-refractivity contribution in [1.29, 1.82) is 0 Å². The Bertz CT molecular complexity index is 1240. The van der Waals surface area contributed by atoms with Crippen LogP contribution >= 0.6 is 12.4 Å². The van der Waals surface area contributed by atoms with Crippen molar-refractivity contribution in [2.24, 2.45) is 0 Å². The summed E-state index contributed by atoms with van der Waals surface area (Å²) in [5.74, 6) is 0. The molecule has 7 nitrogen and oxygen atoms in total. The average molecular weight is 798 g/mol. The van der Waals surface area contributed by atoms with Gasteiger partial charge in [0.15, 0.2) is 0 Å². The van der Waals surface area contributed by atoms with Gasteiger partial charge in [0, 0.05) is 0 Å². The monoisotopic (exact) mass is 797 g/mol. The molecule has 0 atom stereocenters. The fourth-order valence-electron chi connectivity index (χ4n) is 4.52. The standard InChI is InChI=1S/C24H20NP2S2.C12H24O6.Rb/c28-26(21-13-5-1-6-14-21,22-15-7-2-8-16-22)25-27(29,23-17-9-3-10-18-23)24-19-11-4-12-20-24;1-2-14-5-6-16-9-10-18-12-11-17-8-7-15-4-3-13-1;/h1-20H;1-12H2;/q-1;;+1. The Labute approximate surface area is 345 Å². The van der Waals surface area contributed by atoms with Crippen LogP contribution in [0.2, 0.25) is 0 Å². The number of benzene rings is 4. The molecular weight excluding hydrogens is 754 g/mol. The summed E-state index contributed by atoms with van der Waals surface area (Å²) >= 11 is 12.8. The fourth-order valence-corrected chi connectivity index (χ4v) is 14.3. The molecule has 1 fully saturated rings. The molecule has 252 valence electrons. The molecule has 1 aliphatic rings. The van der Waals surface area contributed by atoms with Gasteiger partial charge in [-0.3, -0.25) is 0 Å². The van der Waals surface area contributed by atoms with Gasteiger partial charge in [-0.1, -0.05) is 134 Å². The van der Waals surface area contributed by atoms with Crippen molar-refractivity contribution in [3.63, 3.8) is 0 Å². The third-order valence-electron chi connectivity index (χ3n) is 6.91. The van der Waals surface area contributed by atoms with Crippen LogP contribution in [-0.4, -0.2) is 79.3 Å². The number of rotatable bonds is 6. The van der Waals surface area contributed by atoms with Gasteiger partial charge in [0.1, 0.15) is 0 Å². The Balaban J connectivity index is 0.000000286. The van der Waals surface area contributed by atoms with Crippen molar-refractivity contribution in [3.8, 4) is 0 Å². The van der Waals surface area contributed by atoms with Gasteiger partial charge >= 0.3 is 58.2 Å². The van der Waals surface area contributed by atoms with E-state index in [1.54, 1.807) is 0 Å². The molecule has 48 heavy (non-hydrogen) atoms. The van der Waals surface area contributed by atoms with Gasteiger partial charge in [-0.25, -0.2) is 0 Å². The van der Waals surface area contributed by atoms with Crippen molar-refractivity contribution < 1.29 is 86.6 Å². The Morgan fingerprint density at radius 1 is 0.333 bits per heavy atom. The molecule has 5 rings (SSSR count). The quantitative estimate of drug-likeness (QED) is 0.276. The van der Waals surface area contributed by atoms with E-state index in [1.165, 1.54) is 0 Å². The second kappa shape index (κ2) is 24.8. The molecule has 0 radical (unpaired) electrons. The summed E-state index contributed by atoms with van der Waals surface area (Å²) in [5.41, 5.74) is 0. The maximum Gasteiger partial charge on any atom is 1.00 e. The van der Waals surface area contributed by atoms with Gasteiger partial charge in [-0.05, 0) is 21.2 Å². The summed E-state index contributed by atoms with van der Waals surface area (Å²) in [4.78, 5) is 5.47. The van der Waals surface area contributed by atoms with Crippen LogP contribution < -0.4 is 79.4 Å². The number of ether oxygens (including phenoxy) is 6. The van der Waals surface area contributed by atoms with Gasteiger partial charge in [-0.15, -0.1) is 23.6 Å². The first-order valence-corrected chi connectivity index (χ1v) is 21.3. The van der Waals surface area contributed by atoms with Gasteiger partial charge in [0.05, 0.1) is 79.3 Å². The molecule has 0 N–H and O–H groups in total. The third kappa shape index (κ3) is 14.4. The molecule has 4 aromatic rings. The van der Waals surface area contributed by atoms with Gasteiger partial charge < -0.3 is 33.3 Å². The van der Waals surface area contributed by atoms with E-state index >= 15 is 0 Å². The van der Waals surface area contributed by atoms with Crippen LogP contribution in [0.25, 0.3) is 4.86 Å². The summed E-state index contributed by atoms with van der Waals surface area (Å²) in [5, 5.41) is 4.29. The van der Waals surface area contributed by atoms with Crippen LogP contribution in [0, 0.1) is 0 Å². The molecule has 0 amide bonds. The van der Waals surface area contributed by atoms with Crippen LogP contribution in [0.15, 0.2) is 121 Å². The molecule has 0 aromatic heterocycles.